The Bertz CT molecular complexity index is 311. The average Bonchev–Trinajstić information content (AvgIpc) is 3.09. The van der Waals surface area contributed by atoms with E-state index in [0.717, 1.165) is 12.6 Å². The van der Waals surface area contributed by atoms with E-state index in [4.69, 9.17) is 5.73 Å². The average molecular weight is 294 g/mol. The highest BCUT2D eigenvalue weighted by Gasteiger charge is 2.40. The van der Waals surface area contributed by atoms with Gasteiger partial charge in [-0.2, -0.15) is 0 Å². The summed E-state index contributed by atoms with van der Waals surface area (Å²) in [7, 11) is 0. The summed E-state index contributed by atoms with van der Waals surface area (Å²) in [6, 6.07) is 0.892. The van der Waals surface area contributed by atoms with Gasteiger partial charge < -0.3 is 10.6 Å². The molecule has 3 fully saturated rings. The van der Waals surface area contributed by atoms with Crippen LogP contribution in [0.5, 0.6) is 0 Å². The molecule has 3 aliphatic rings. The Kier molecular flexibility index (Phi) is 5.20. The van der Waals surface area contributed by atoms with Gasteiger partial charge >= 0.3 is 0 Å². The molecular weight excluding hydrogens is 260 g/mol. The second-order valence-corrected chi connectivity index (χ2v) is 7.32. The Morgan fingerprint density at radius 3 is 2.10 bits per heavy atom. The molecule has 0 atom stereocenters. The smallest absolute Gasteiger partial charge is 0.0357 e. The summed E-state index contributed by atoms with van der Waals surface area (Å²) in [4.78, 5) is 8.07. The van der Waals surface area contributed by atoms with Crippen molar-refractivity contribution in [3.8, 4) is 0 Å². The second-order valence-electron chi connectivity index (χ2n) is 7.32. The predicted octanol–water partition coefficient (Wildman–Crippen LogP) is 1.36. The van der Waals surface area contributed by atoms with Gasteiger partial charge in [-0.05, 0) is 45.3 Å². The van der Waals surface area contributed by atoms with Crippen LogP contribution in [0.3, 0.4) is 0 Å². The van der Waals surface area contributed by atoms with Crippen molar-refractivity contribution in [1.82, 2.24) is 14.7 Å². The number of hydrogen-bond donors (Lipinski definition) is 1. The molecule has 0 aromatic carbocycles. The summed E-state index contributed by atoms with van der Waals surface area (Å²) in [5.74, 6) is 0. The summed E-state index contributed by atoms with van der Waals surface area (Å²) in [5, 5.41) is 0. The number of piperazine rings is 1. The Morgan fingerprint density at radius 2 is 1.57 bits per heavy atom. The molecule has 4 heteroatoms. The van der Waals surface area contributed by atoms with Gasteiger partial charge in [-0.25, -0.2) is 0 Å². The van der Waals surface area contributed by atoms with Crippen molar-refractivity contribution >= 4 is 0 Å². The first kappa shape index (κ1) is 15.7. The van der Waals surface area contributed by atoms with Crippen LogP contribution in [-0.2, 0) is 0 Å². The Morgan fingerprint density at radius 1 is 0.952 bits per heavy atom. The highest BCUT2D eigenvalue weighted by molar-refractivity contribution is 4.98. The molecule has 0 bridgehead atoms. The van der Waals surface area contributed by atoms with Crippen LogP contribution in [0.25, 0.3) is 0 Å². The number of nitrogens with two attached hydrogens (primary N) is 1. The van der Waals surface area contributed by atoms with Gasteiger partial charge in [0.15, 0.2) is 0 Å². The minimum Gasteiger partial charge on any atom is -0.329 e. The van der Waals surface area contributed by atoms with Crippen molar-refractivity contribution in [3.05, 3.63) is 0 Å². The molecule has 2 heterocycles. The van der Waals surface area contributed by atoms with Crippen LogP contribution in [-0.4, -0.2) is 78.6 Å². The summed E-state index contributed by atoms with van der Waals surface area (Å²) < 4.78 is 0. The van der Waals surface area contributed by atoms with Crippen LogP contribution in [0, 0.1) is 0 Å². The zero-order valence-electron chi connectivity index (χ0n) is 13.9. The standard InChI is InChI=1S/C17H34N4/c1-2-19-9-7-17(15-18,8-10-19)21-13-11-20(12-14-21)16-5-3-4-6-16/h16H,2-15,18H2,1H3. The Labute approximate surface area is 130 Å². The van der Waals surface area contributed by atoms with Crippen molar-refractivity contribution < 1.29 is 0 Å². The minimum atomic E-state index is 0.299. The molecule has 21 heavy (non-hydrogen) atoms. The third kappa shape index (κ3) is 3.29. The lowest BCUT2D eigenvalue weighted by molar-refractivity contribution is -0.0131. The molecule has 3 rings (SSSR count). The molecule has 0 aromatic heterocycles. The van der Waals surface area contributed by atoms with Crippen LogP contribution in [0.2, 0.25) is 0 Å². The molecular formula is C17H34N4. The maximum atomic E-state index is 6.24. The molecule has 0 aromatic rings. The fourth-order valence-electron chi connectivity index (χ4n) is 4.77. The molecule has 122 valence electrons. The van der Waals surface area contributed by atoms with Gasteiger partial charge in [0.25, 0.3) is 0 Å². The minimum absolute atomic E-state index is 0.299. The van der Waals surface area contributed by atoms with Crippen LogP contribution >= 0.6 is 0 Å². The monoisotopic (exact) mass is 294 g/mol. The summed E-state index contributed by atoms with van der Waals surface area (Å²) in [6.45, 7) is 11.8. The lowest BCUT2D eigenvalue weighted by atomic mass is 9.85. The van der Waals surface area contributed by atoms with Gasteiger partial charge in [-0.3, -0.25) is 9.80 Å². The van der Waals surface area contributed by atoms with Crippen molar-refractivity contribution in [2.75, 3.05) is 52.4 Å². The van der Waals surface area contributed by atoms with Crippen molar-refractivity contribution in [2.45, 2.75) is 57.0 Å². The van der Waals surface area contributed by atoms with Gasteiger partial charge in [-0.15, -0.1) is 0 Å². The van der Waals surface area contributed by atoms with Crippen molar-refractivity contribution in [3.63, 3.8) is 0 Å². The fourth-order valence-corrected chi connectivity index (χ4v) is 4.77. The first-order valence-electron chi connectivity index (χ1n) is 9.19. The lowest BCUT2D eigenvalue weighted by Gasteiger charge is -2.51. The number of likely N-dealkylation sites (tertiary alicyclic amines) is 1. The van der Waals surface area contributed by atoms with Crippen LogP contribution in [0.4, 0.5) is 0 Å². The van der Waals surface area contributed by atoms with Gasteiger partial charge in [0.05, 0.1) is 0 Å². The van der Waals surface area contributed by atoms with Gasteiger partial charge in [-0.1, -0.05) is 19.8 Å². The fraction of sp³-hybridized carbons (Fsp3) is 1.00. The maximum absolute atomic E-state index is 6.24. The van der Waals surface area contributed by atoms with E-state index in [1.54, 1.807) is 0 Å². The topological polar surface area (TPSA) is 35.7 Å². The molecule has 0 unspecified atom stereocenters. The third-order valence-corrected chi connectivity index (χ3v) is 6.44. The molecule has 2 aliphatic heterocycles. The molecule has 1 saturated carbocycles. The largest absolute Gasteiger partial charge is 0.329 e. The number of nitrogens with zero attached hydrogens (tertiary/aromatic N) is 3. The summed E-state index contributed by atoms with van der Waals surface area (Å²) in [6.07, 6.45) is 8.30. The molecule has 4 nitrogen and oxygen atoms in total. The first-order chi connectivity index (χ1) is 10.3. The highest BCUT2D eigenvalue weighted by Crippen LogP contribution is 2.31. The van der Waals surface area contributed by atoms with E-state index in [9.17, 15) is 0 Å². The Hall–Kier alpha value is -0.160. The SMILES string of the molecule is CCN1CCC(CN)(N2CCN(C3CCCC3)CC2)CC1. The molecule has 2 saturated heterocycles. The Balaban J connectivity index is 1.54. The van der Waals surface area contributed by atoms with Crippen molar-refractivity contribution in [1.29, 1.82) is 0 Å². The molecule has 0 radical (unpaired) electrons. The lowest BCUT2D eigenvalue weighted by Crippen LogP contribution is -2.64. The quantitative estimate of drug-likeness (QED) is 0.849. The predicted molar refractivity (Wildman–Crippen MR) is 88.5 cm³/mol. The van der Waals surface area contributed by atoms with E-state index in [1.165, 1.54) is 84.3 Å². The van der Waals surface area contributed by atoms with E-state index in [-0.39, 0.29) is 0 Å². The molecule has 0 amide bonds. The van der Waals surface area contributed by atoms with E-state index >= 15 is 0 Å². The summed E-state index contributed by atoms with van der Waals surface area (Å²) in [5.41, 5.74) is 6.54. The van der Waals surface area contributed by atoms with Crippen molar-refractivity contribution in [2.24, 2.45) is 5.73 Å². The number of hydrogen-bond acceptors (Lipinski definition) is 4. The zero-order valence-corrected chi connectivity index (χ0v) is 13.9. The highest BCUT2D eigenvalue weighted by atomic mass is 15.3. The molecule has 2 N–H and O–H groups in total. The van der Waals surface area contributed by atoms with Gasteiger partial charge in [0.1, 0.15) is 0 Å². The number of piperidine rings is 1. The van der Waals surface area contributed by atoms with E-state index in [2.05, 4.69) is 21.6 Å². The first-order valence-corrected chi connectivity index (χ1v) is 9.19. The number of rotatable bonds is 4. The second kappa shape index (κ2) is 6.95. The van der Waals surface area contributed by atoms with Crippen LogP contribution in [0.1, 0.15) is 45.4 Å². The molecule has 1 aliphatic carbocycles. The summed E-state index contributed by atoms with van der Waals surface area (Å²) >= 11 is 0. The van der Waals surface area contributed by atoms with E-state index < -0.39 is 0 Å². The zero-order chi connectivity index (χ0) is 14.7. The van der Waals surface area contributed by atoms with E-state index in [0.29, 0.717) is 5.54 Å². The molecule has 0 spiro atoms. The van der Waals surface area contributed by atoms with Crippen LogP contribution in [0.15, 0.2) is 0 Å². The van der Waals surface area contributed by atoms with Gasteiger partial charge in [0, 0.05) is 44.3 Å². The van der Waals surface area contributed by atoms with E-state index in [1.807, 2.05) is 0 Å². The van der Waals surface area contributed by atoms with Crippen LogP contribution < -0.4 is 5.73 Å². The third-order valence-electron chi connectivity index (χ3n) is 6.44. The van der Waals surface area contributed by atoms with Gasteiger partial charge in [0.2, 0.25) is 0 Å². The maximum Gasteiger partial charge on any atom is 0.0357 e. The normalized spacial score (nSPS) is 30.0.